The molecule has 0 unspecified atom stereocenters. The number of aromatic nitrogens is 2. The zero-order valence-electron chi connectivity index (χ0n) is 10.5. The summed E-state index contributed by atoms with van der Waals surface area (Å²) >= 11 is 0.897. The summed E-state index contributed by atoms with van der Waals surface area (Å²) in [5, 5.41) is 10.0. The molecule has 0 radical (unpaired) electrons. The molecule has 0 bridgehead atoms. The van der Waals surface area contributed by atoms with Gasteiger partial charge < -0.3 is 5.32 Å². The van der Waals surface area contributed by atoms with Crippen LogP contribution in [0.25, 0.3) is 0 Å². The zero-order valence-corrected chi connectivity index (χ0v) is 12.1. The molecule has 0 aromatic carbocycles. The van der Waals surface area contributed by atoms with Crippen molar-refractivity contribution in [1.29, 1.82) is 0 Å². The second-order valence-electron chi connectivity index (χ2n) is 3.64. The first kappa shape index (κ1) is 14.8. The lowest BCUT2D eigenvalue weighted by atomic mass is 10.4. The van der Waals surface area contributed by atoms with Crippen LogP contribution < -0.4 is 10.2 Å². The average molecular weight is 292 g/mol. The predicted octanol–water partition coefficient (Wildman–Crippen LogP) is 0.887. The number of rotatable bonds is 5. The molecular formula is C9H16N4O3S2. The number of hydrogen-bond donors (Lipinski definition) is 1. The first-order valence-electron chi connectivity index (χ1n) is 5.44. The average Bonchev–Trinajstić information content (AvgIpc) is 2.84. The number of carbonyl (C=O) groups excluding carboxylic acids is 1. The van der Waals surface area contributed by atoms with Crippen LogP contribution in [0, 0.1) is 0 Å². The lowest BCUT2D eigenvalue weighted by Gasteiger charge is -2.11. The van der Waals surface area contributed by atoms with Crippen molar-refractivity contribution in [1.82, 2.24) is 15.5 Å². The Labute approximate surface area is 110 Å². The second kappa shape index (κ2) is 6.10. The number of unbranched alkanes of at least 4 members (excludes halogenated alkanes) is 1. The molecule has 1 rings (SSSR count). The highest BCUT2D eigenvalue weighted by atomic mass is 32.2. The van der Waals surface area contributed by atoms with Crippen LogP contribution in [0.3, 0.4) is 0 Å². The number of amides is 2. The Bertz CT molecular complexity index is 512. The zero-order chi connectivity index (χ0) is 13.8. The number of nitrogens with zero attached hydrogens (tertiary/aromatic N) is 3. The Hall–Kier alpha value is -1.22. The van der Waals surface area contributed by atoms with E-state index in [9.17, 15) is 13.2 Å². The van der Waals surface area contributed by atoms with E-state index in [-0.39, 0.29) is 21.3 Å². The molecule has 1 aromatic rings. The Kier molecular flexibility index (Phi) is 5.03. The van der Waals surface area contributed by atoms with Gasteiger partial charge in [0, 0.05) is 14.1 Å². The van der Waals surface area contributed by atoms with Crippen molar-refractivity contribution >= 4 is 32.3 Å². The number of hydrogen-bond acceptors (Lipinski definition) is 6. The summed E-state index contributed by atoms with van der Waals surface area (Å²) in [5.41, 5.74) is 0. The summed E-state index contributed by atoms with van der Waals surface area (Å²) in [6.45, 7) is 1.92. The Balaban J connectivity index is 2.89. The summed E-state index contributed by atoms with van der Waals surface area (Å²) in [4.78, 5) is 12.6. The van der Waals surface area contributed by atoms with Gasteiger partial charge in [-0.15, -0.1) is 10.2 Å². The maximum absolute atomic E-state index is 11.9. The maximum Gasteiger partial charge on any atom is 0.323 e. The molecule has 0 spiro atoms. The van der Waals surface area contributed by atoms with Gasteiger partial charge in [0.05, 0.1) is 5.75 Å². The highest BCUT2D eigenvalue weighted by Crippen LogP contribution is 2.24. The minimum Gasteiger partial charge on any atom is -0.341 e. The van der Waals surface area contributed by atoms with Gasteiger partial charge in [-0.3, -0.25) is 4.90 Å². The van der Waals surface area contributed by atoms with Gasteiger partial charge in [-0.25, -0.2) is 13.2 Å². The van der Waals surface area contributed by atoms with Crippen molar-refractivity contribution in [2.75, 3.05) is 24.7 Å². The third kappa shape index (κ3) is 3.39. The van der Waals surface area contributed by atoms with E-state index in [1.165, 1.54) is 19.0 Å². The number of sulfone groups is 1. The molecule has 1 heterocycles. The minimum absolute atomic E-state index is 0.0401. The lowest BCUT2D eigenvalue weighted by molar-refractivity contribution is 0.249. The van der Waals surface area contributed by atoms with Gasteiger partial charge in [-0.1, -0.05) is 24.7 Å². The Morgan fingerprint density at radius 2 is 2.11 bits per heavy atom. The number of anilines is 1. The molecule has 0 aliphatic heterocycles. The van der Waals surface area contributed by atoms with Gasteiger partial charge in [0.25, 0.3) is 0 Å². The number of urea groups is 1. The van der Waals surface area contributed by atoms with Crippen molar-refractivity contribution in [3.8, 4) is 0 Å². The molecule has 1 N–H and O–H groups in total. The first-order valence-corrected chi connectivity index (χ1v) is 7.91. The van der Waals surface area contributed by atoms with Crippen LogP contribution in [0.2, 0.25) is 0 Å². The minimum atomic E-state index is -3.38. The van der Waals surface area contributed by atoms with Crippen LogP contribution in [-0.4, -0.2) is 44.5 Å². The normalized spacial score (nSPS) is 11.3. The van der Waals surface area contributed by atoms with Gasteiger partial charge in [-0.05, 0) is 6.42 Å². The SMILES string of the molecule is CCCCS(=O)(=O)c1nnc(N(C)C(=O)NC)s1. The lowest BCUT2D eigenvalue weighted by Crippen LogP contribution is -2.34. The monoisotopic (exact) mass is 292 g/mol. The molecule has 9 heteroatoms. The molecule has 0 aliphatic carbocycles. The van der Waals surface area contributed by atoms with E-state index in [4.69, 9.17) is 0 Å². The van der Waals surface area contributed by atoms with E-state index in [2.05, 4.69) is 15.5 Å². The third-order valence-electron chi connectivity index (χ3n) is 2.23. The molecule has 0 fully saturated rings. The molecule has 0 atom stereocenters. The molecule has 18 heavy (non-hydrogen) atoms. The van der Waals surface area contributed by atoms with Crippen LogP contribution in [0.15, 0.2) is 4.34 Å². The maximum atomic E-state index is 11.9. The fraction of sp³-hybridized carbons (Fsp3) is 0.667. The van der Waals surface area contributed by atoms with E-state index < -0.39 is 9.84 Å². The summed E-state index contributed by atoms with van der Waals surface area (Å²) in [6, 6.07) is -0.372. The van der Waals surface area contributed by atoms with Gasteiger partial charge in [0.2, 0.25) is 19.3 Å². The van der Waals surface area contributed by atoms with Crippen LogP contribution in [0.4, 0.5) is 9.93 Å². The predicted molar refractivity (Wildman–Crippen MR) is 69.7 cm³/mol. The van der Waals surface area contributed by atoms with Gasteiger partial charge in [-0.2, -0.15) is 0 Å². The van der Waals surface area contributed by atoms with E-state index in [0.29, 0.717) is 6.42 Å². The Morgan fingerprint density at radius 1 is 1.44 bits per heavy atom. The molecule has 7 nitrogen and oxygen atoms in total. The Morgan fingerprint density at radius 3 is 2.67 bits per heavy atom. The van der Waals surface area contributed by atoms with E-state index in [1.807, 2.05) is 6.92 Å². The van der Waals surface area contributed by atoms with Crippen LogP contribution >= 0.6 is 11.3 Å². The van der Waals surface area contributed by atoms with Crippen LogP contribution in [-0.2, 0) is 9.84 Å². The van der Waals surface area contributed by atoms with Crippen LogP contribution in [0.1, 0.15) is 19.8 Å². The van der Waals surface area contributed by atoms with Gasteiger partial charge >= 0.3 is 6.03 Å². The second-order valence-corrected chi connectivity index (χ2v) is 6.88. The quantitative estimate of drug-likeness (QED) is 0.814. The van der Waals surface area contributed by atoms with E-state index >= 15 is 0 Å². The van der Waals surface area contributed by atoms with Crippen molar-refractivity contribution in [3.05, 3.63) is 0 Å². The standard InChI is InChI=1S/C9H16N4O3S2/c1-4-5-6-18(15,16)9-12-11-8(17-9)13(3)7(14)10-2/h4-6H2,1-3H3,(H,10,14). The topological polar surface area (TPSA) is 92.3 Å². The van der Waals surface area contributed by atoms with Gasteiger partial charge in [0.15, 0.2) is 0 Å². The molecule has 102 valence electrons. The molecule has 0 aliphatic rings. The highest BCUT2D eigenvalue weighted by Gasteiger charge is 2.22. The van der Waals surface area contributed by atoms with Crippen LogP contribution in [0.5, 0.6) is 0 Å². The summed E-state index contributed by atoms with van der Waals surface area (Å²) in [5.74, 6) is 0.0574. The summed E-state index contributed by atoms with van der Waals surface area (Å²) in [7, 11) is -0.394. The van der Waals surface area contributed by atoms with Crippen molar-refractivity contribution < 1.29 is 13.2 Å². The summed E-state index contributed by atoms with van der Waals surface area (Å²) in [6.07, 6.45) is 1.38. The molecule has 0 saturated heterocycles. The molecule has 0 saturated carbocycles. The highest BCUT2D eigenvalue weighted by molar-refractivity contribution is 7.93. The fourth-order valence-corrected chi connectivity index (χ4v) is 3.67. The van der Waals surface area contributed by atoms with Crippen molar-refractivity contribution in [2.24, 2.45) is 0 Å². The van der Waals surface area contributed by atoms with Crippen molar-refractivity contribution in [2.45, 2.75) is 24.1 Å². The van der Waals surface area contributed by atoms with E-state index in [1.54, 1.807) is 0 Å². The largest absolute Gasteiger partial charge is 0.341 e. The van der Waals surface area contributed by atoms with Crippen molar-refractivity contribution in [3.63, 3.8) is 0 Å². The molecule has 2 amide bonds. The third-order valence-corrected chi connectivity index (χ3v) is 5.48. The number of nitrogens with one attached hydrogen (secondary N) is 1. The molecule has 1 aromatic heterocycles. The smallest absolute Gasteiger partial charge is 0.323 e. The summed E-state index contributed by atoms with van der Waals surface area (Å²) < 4.78 is 23.7. The fourth-order valence-electron chi connectivity index (χ4n) is 1.14. The number of carbonyl (C=O) groups is 1. The van der Waals surface area contributed by atoms with Gasteiger partial charge in [0.1, 0.15) is 0 Å². The molecular weight excluding hydrogens is 276 g/mol. The van der Waals surface area contributed by atoms with E-state index in [0.717, 1.165) is 17.8 Å². The first-order chi connectivity index (χ1) is 8.42.